The lowest BCUT2D eigenvalue weighted by Crippen LogP contribution is -2.13. The molecule has 0 fully saturated rings. The fraction of sp³-hybridized carbons (Fsp3) is 0.562. The van der Waals surface area contributed by atoms with Crippen LogP contribution in [0.25, 0.3) is 0 Å². The van der Waals surface area contributed by atoms with Gasteiger partial charge in [-0.1, -0.05) is 32.8 Å². The minimum atomic E-state index is -3.54. The molecule has 0 amide bonds. The van der Waals surface area contributed by atoms with Gasteiger partial charge in [-0.15, -0.1) is 0 Å². The SMILES string of the molecule is CCCCC(C)c1ccc(C(=O)OC)c(OC)c1S(C)(=O)=O. The molecule has 1 aromatic rings. The van der Waals surface area contributed by atoms with Crippen LogP contribution in [0.15, 0.2) is 17.0 Å². The monoisotopic (exact) mass is 328 g/mol. The average Bonchev–Trinajstić information content (AvgIpc) is 2.49. The van der Waals surface area contributed by atoms with Gasteiger partial charge in [0.1, 0.15) is 10.5 Å². The zero-order chi connectivity index (χ0) is 16.9. The molecule has 0 saturated carbocycles. The topological polar surface area (TPSA) is 69.7 Å². The maximum atomic E-state index is 12.2. The van der Waals surface area contributed by atoms with Gasteiger partial charge in [0, 0.05) is 6.26 Å². The highest BCUT2D eigenvalue weighted by molar-refractivity contribution is 7.90. The molecule has 1 rings (SSSR count). The molecule has 0 aromatic heterocycles. The Bertz CT molecular complexity index is 634. The van der Waals surface area contributed by atoms with E-state index in [2.05, 4.69) is 6.92 Å². The molecule has 6 heteroatoms. The van der Waals surface area contributed by atoms with Gasteiger partial charge in [-0.3, -0.25) is 0 Å². The molecule has 0 aliphatic rings. The predicted octanol–water partition coefficient (Wildman–Crippen LogP) is 3.18. The highest BCUT2D eigenvalue weighted by Gasteiger charge is 2.27. The lowest BCUT2D eigenvalue weighted by Gasteiger charge is -2.19. The number of carbonyl (C=O) groups is 1. The molecular weight excluding hydrogens is 304 g/mol. The van der Waals surface area contributed by atoms with Crippen molar-refractivity contribution in [2.75, 3.05) is 20.5 Å². The summed E-state index contributed by atoms with van der Waals surface area (Å²) < 4.78 is 34.4. The fourth-order valence-corrected chi connectivity index (χ4v) is 3.72. The van der Waals surface area contributed by atoms with Gasteiger partial charge < -0.3 is 9.47 Å². The molecule has 22 heavy (non-hydrogen) atoms. The Balaban J connectivity index is 3.56. The second-order valence-electron chi connectivity index (χ2n) is 5.37. The number of rotatable bonds is 7. The van der Waals surface area contributed by atoms with Crippen molar-refractivity contribution in [3.63, 3.8) is 0 Å². The first-order chi connectivity index (χ1) is 10.3. The number of methoxy groups -OCH3 is 2. The van der Waals surface area contributed by atoms with E-state index in [0.29, 0.717) is 5.56 Å². The molecule has 0 saturated heterocycles. The number of hydrogen-bond donors (Lipinski definition) is 0. The number of unbranched alkanes of at least 4 members (excludes halogenated alkanes) is 1. The quantitative estimate of drug-likeness (QED) is 0.719. The van der Waals surface area contributed by atoms with E-state index < -0.39 is 15.8 Å². The van der Waals surface area contributed by atoms with Gasteiger partial charge in [0.25, 0.3) is 0 Å². The highest BCUT2D eigenvalue weighted by atomic mass is 32.2. The Hall–Kier alpha value is -1.56. The number of ether oxygens (including phenoxy) is 2. The van der Waals surface area contributed by atoms with Crippen LogP contribution in [0.3, 0.4) is 0 Å². The zero-order valence-corrected chi connectivity index (χ0v) is 14.6. The van der Waals surface area contributed by atoms with Gasteiger partial charge in [-0.25, -0.2) is 13.2 Å². The Morgan fingerprint density at radius 3 is 2.36 bits per heavy atom. The minimum absolute atomic E-state index is 0.0604. The van der Waals surface area contributed by atoms with Crippen molar-refractivity contribution in [3.05, 3.63) is 23.3 Å². The molecule has 0 bridgehead atoms. The van der Waals surface area contributed by atoms with Crippen molar-refractivity contribution in [1.82, 2.24) is 0 Å². The highest BCUT2D eigenvalue weighted by Crippen LogP contribution is 2.37. The number of hydrogen-bond acceptors (Lipinski definition) is 5. The molecule has 0 radical (unpaired) electrons. The third-order valence-electron chi connectivity index (χ3n) is 3.64. The number of sulfone groups is 1. The van der Waals surface area contributed by atoms with Gasteiger partial charge in [0.05, 0.1) is 14.2 Å². The molecular formula is C16H24O5S. The summed E-state index contributed by atoms with van der Waals surface area (Å²) in [5, 5.41) is 0. The van der Waals surface area contributed by atoms with Crippen molar-refractivity contribution in [1.29, 1.82) is 0 Å². The average molecular weight is 328 g/mol. The standard InChI is InChI=1S/C16H24O5S/c1-6-7-8-11(2)12-9-10-13(16(17)21-4)14(20-3)15(12)22(5,18)19/h9-11H,6-8H2,1-5H3. The zero-order valence-electron chi connectivity index (χ0n) is 13.8. The van der Waals surface area contributed by atoms with Gasteiger partial charge in [-0.2, -0.15) is 0 Å². The molecule has 1 aromatic carbocycles. The van der Waals surface area contributed by atoms with Gasteiger partial charge in [0.15, 0.2) is 15.6 Å². The van der Waals surface area contributed by atoms with E-state index in [1.54, 1.807) is 12.1 Å². The summed E-state index contributed by atoms with van der Waals surface area (Å²) in [7, 11) is -0.936. The Labute approximate surface area is 132 Å². The largest absolute Gasteiger partial charge is 0.494 e. The summed E-state index contributed by atoms with van der Waals surface area (Å²) in [6, 6.07) is 3.25. The van der Waals surface area contributed by atoms with E-state index in [1.165, 1.54) is 14.2 Å². The second-order valence-corrected chi connectivity index (χ2v) is 7.32. The van der Waals surface area contributed by atoms with Gasteiger partial charge in [-0.05, 0) is 24.0 Å². The van der Waals surface area contributed by atoms with E-state index in [4.69, 9.17) is 9.47 Å². The van der Waals surface area contributed by atoms with Crippen molar-refractivity contribution >= 4 is 15.8 Å². The second kappa shape index (κ2) is 7.63. The summed E-state index contributed by atoms with van der Waals surface area (Å²) in [6.45, 7) is 4.07. The van der Waals surface area contributed by atoms with Crippen LogP contribution < -0.4 is 4.74 Å². The maximum Gasteiger partial charge on any atom is 0.341 e. The van der Waals surface area contributed by atoms with Crippen LogP contribution in [0, 0.1) is 0 Å². The fourth-order valence-electron chi connectivity index (χ4n) is 2.49. The van der Waals surface area contributed by atoms with E-state index in [0.717, 1.165) is 25.5 Å². The van der Waals surface area contributed by atoms with Crippen LogP contribution in [0.5, 0.6) is 5.75 Å². The van der Waals surface area contributed by atoms with E-state index in [-0.39, 0.29) is 22.1 Å². The predicted molar refractivity (Wildman–Crippen MR) is 85.4 cm³/mol. The molecule has 0 heterocycles. The number of carbonyl (C=O) groups excluding carboxylic acids is 1. The van der Waals surface area contributed by atoms with Crippen molar-refractivity contribution in [2.45, 2.75) is 43.9 Å². The van der Waals surface area contributed by atoms with Gasteiger partial charge >= 0.3 is 5.97 Å². The first-order valence-corrected chi connectivity index (χ1v) is 9.16. The molecule has 0 aliphatic carbocycles. The molecule has 124 valence electrons. The first kappa shape index (κ1) is 18.5. The maximum absolute atomic E-state index is 12.2. The lowest BCUT2D eigenvalue weighted by atomic mass is 9.94. The first-order valence-electron chi connectivity index (χ1n) is 7.27. The molecule has 0 aliphatic heterocycles. The third-order valence-corrected chi connectivity index (χ3v) is 4.81. The van der Waals surface area contributed by atoms with Crippen LogP contribution in [-0.4, -0.2) is 34.9 Å². The molecule has 1 atom stereocenters. The summed E-state index contributed by atoms with van der Waals surface area (Å²) in [5.74, 6) is -0.491. The van der Waals surface area contributed by atoms with Crippen LogP contribution in [-0.2, 0) is 14.6 Å². The van der Waals surface area contributed by atoms with Gasteiger partial charge in [0.2, 0.25) is 0 Å². The van der Waals surface area contributed by atoms with E-state index in [1.807, 2.05) is 6.92 Å². The Morgan fingerprint density at radius 2 is 1.91 bits per heavy atom. The van der Waals surface area contributed by atoms with Crippen molar-refractivity contribution in [2.24, 2.45) is 0 Å². The summed E-state index contributed by atoms with van der Waals surface area (Å²) in [5.41, 5.74) is 0.803. The summed E-state index contributed by atoms with van der Waals surface area (Å²) in [6.07, 6.45) is 4.04. The van der Waals surface area contributed by atoms with Crippen LogP contribution in [0.2, 0.25) is 0 Å². The van der Waals surface area contributed by atoms with E-state index >= 15 is 0 Å². The molecule has 0 spiro atoms. The van der Waals surface area contributed by atoms with Crippen LogP contribution >= 0.6 is 0 Å². The van der Waals surface area contributed by atoms with Crippen molar-refractivity contribution in [3.8, 4) is 5.75 Å². The molecule has 1 unspecified atom stereocenters. The molecule has 0 N–H and O–H groups in total. The van der Waals surface area contributed by atoms with E-state index in [9.17, 15) is 13.2 Å². The minimum Gasteiger partial charge on any atom is -0.494 e. The van der Waals surface area contributed by atoms with Crippen LogP contribution in [0.4, 0.5) is 0 Å². The molecule has 5 nitrogen and oxygen atoms in total. The summed E-state index contributed by atoms with van der Waals surface area (Å²) in [4.78, 5) is 11.9. The third kappa shape index (κ3) is 4.00. The lowest BCUT2D eigenvalue weighted by molar-refractivity contribution is 0.0596. The van der Waals surface area contributed by atoms with Crippen molar-refractivity contribution < 1.29 is 22.7 Å². The number of esters is 1. The normalized spacial score (nSPS) is 12.8. The summed E-state index contributed by atoms with van der Waals surface area (Å²) >= 11 is 0. The Morgan fingerprint density at radius 1 is 1.27 bits per heavy atom. The smallest absolute Gasteiger partial charge is 0.341 e. The number of benzene rings is 1. The van der Waals surface area contributed by atoms with Crippen LogP contribution in [0.1, 0.15) is 54.9 Å². The Kier molecular flexibility index (Phi) is 6.41.